The van der Waals surface area contributed by atoms with Crippen LogP contribution in [0.5, 0.6) is 11.5 Å². The molecule has 2 aromatic rings. The standard InChI is InChI=1S/C13H14N4O3/c14-10-4-12-11(19-7-20-12)3-9(10)13(18)16-2-1-8-5-15-6-17-8/h3-6H,1-2,7,14H2,(H,15,17)(H,16,18). The molecule has 1 aliphatic rings. The van der Waals surface area contributed by atoms with E-state index in [2.05, 4.69) is 15.3 Å². The summed E-state index contributed by atoms with van der Waals surface area (Å²) in [6.07, 6.45) is 4.00. The van der Waals surface area contributed by atoms with E-state index in [1.807, 2.05) is 0 Å². The molecular formula is C13H14N4O3. The maximum absolute atomic E-state index is 12.1. The number of hydrogen-bond acceptors (Lipinski definition) is 5. The van der Waals surface area contributed by atoms with Crippen molar-refractivity contribution in [2.75, 3.05) is 19.1 Å². The van der Waals surface area contributed by atoms with E-state index in [9.17, 15) is 4.79 Å². The fourth-order valence-corrected chi connectivity index (χ4v) is 1.98. The second-order valence-electron chi connectivity index (χ2n) is 4.38. The smallest absolute Gasteiger partial charge is 0.253 e. The van der Waals surface area contributed by atoms with E-state index in [4.69, 9.17) is 15.2 Å². The van der Waals surface area contributed by atoms with Gasteiger partial charge in [0.2, 0.25) is 6.79 Å². The number of nitrogen functional groups attached to an aromatic ring is 1. The van der Waals surface area contributed by atoms with Crippen LogP contribution in [0, 0.1) is 0 Å². The van der Waals surface area contributed by atoms with Gasteiger partial charge in [0.1, 0.15) is 0 Å². The number of hydrogen-bond donors (Lipinski definition) is 3. The number of carbonyl (C=O) groups is 1. The third-order valence-electron chi connectivity index (χ3n) is 3.02. The van der Waals surface area contributed by atoms with E-state index in [0.717, 1.165) is 5.69 Å². The van der Waals surface area contributed by atoms with Gasteiger partial charge in [0.05, 0.1) is 11.9 Å². The summed E-state index contributed by atoms with van der Waals surface area (Å²) in [5.74, 6) is 0.870. The van der Waals surface area contributed by atoms with Gasteiger partial charge >= 0.3 is 0 Å². The number of benzene rings is 1. The Morgan fingerprint density at radius 3 is 2.95 bits per heavy atom. The Morgan fingerprint density at radius 1 is 1.40 bits per heavy atom. The molecule has 0 saturated carbocycles. The lowest BCUT2D eigenvalue weighted by Crippen LogP contribution is -2.26. The second kappa shape index (κ2) is 5.12. The molecule has 0 bridgehead atoms. The monoisotopic (exact) mass is 274 g/mol. The number of nitrogens with zero attached hydrogens (tertiary/aromatic N) is 1. The van der Waals surface area contributed by atoms with Crippen molar-refractivity contribution in [1.82, 2.24) is 15.3 Å². The van der Waals surface area contributed by atoms with Crippen molar-refractivity contribution < 1.29 is 14.3 Å². The Balaban J connectivity index is 1.65. The fourth-order valence-electron chi connectivity index (χ4n) is 1.98. The summed E-state index contributed by atoms with van der Waals surface area (Å²) in [5, 5.41) is 2.81. The van der Waals surface area contributed by atoms with Crippen LogP contribution >= 0.6 is 0 Å². The van der Waals surface area contributed by atoms with E-state index in [1.165, 1.54) is 0 Å². The Kier molecular flexibility index (Phi) is 3.16. The fraction of sp³-hybridized carbons (Fsp3) is 0.231. The molecule has 0 aliphatic carbocycles. The van der Waals surface area contributed by atoms with Crippen molar-refractivity contribution in [3.8, 4) is 11.5 Å². The molecule has 0 radical (unpaired) electrons. The first-order valence-electron chi connectivity index (χ1n) is 6.18. The molecule has 0 fully saturated rings. The Labute approximate surface area is 115 Å². The Hall–Kier alpha value is -2.70. The minimum Gasteiger partial charge on any atom is -0.454 e. The van der Waals surface area contributed by atoms with Gasteiger partial charge in [-0.2, -0.15) is 0 Å². The highest BCUT2D eigenvalue weighted by Crippen LogP contribution is 2.35. The molecule has 7 heteroatoms. The average Bonchev–Trinajstić information content (AvgIpc) is 3.08. The largest absolute Gasteiger partial charge is 0.454 e. The molecule has 0 atom stereocenters. The highest BCUT2D eigenvalue weighted by Gasteiger charge is 2.19. The Morgan fingerprint density at radius 2 is 2.20 bits per heavy atom. The first-order valence-corrected chi connectivity index (χ1v) is 6.18. The van der Waals surface area contributed by atoms with Gasteiger partial charge < -0.3 is 25.5 Å². The van der Waals surface area contributed by atoms with Gasteiger partial charge in [0.15, 0.2) is 11.5 Å². The molecule has 4 N–H and O–H groups in total. The molecular weight excluding hydrogens is 260 g/mol. The van der Waals surface area contributed by atoms with E-state index in [0.29, 0.717) is 35.7 Å². The molecule has 104 valence electrons. The SMILES string of the molecule is Nc1cc2c(cc1C(=O)NCCc1cnc[nH]1)OCO2. The highest BCUT2D eigenvalue weighted by molar-refractivity contribution is 6.00. The normalized spacial score (nSPS) is 12.4. The molecule has 7 nitrogen and oxygen atoms in total. The van der Waals surface area contributed by atoms with Crippen LogP contribution in [-0.4, -0.2) is 29.2 Å². The van der Waals surface area contributed by atoms with Gasteiger partial charge in [-0.05, 0) is 6.07 Å². The zero-order chi connectivity index (χ0) is 13.9. The van der Waals surface area contributed by atoms with Crippen molar-refractivity contribution in [3.63, 3.8) is 0 Å². The van der Waals surface area contributed by atoms with Crippen LogP contribution in [0.15, 0.2) is 24.7 Å². The number of nitrogens with two attached hydrogens (primary N) is 1. The van der Waals surface area contributed by atoms with Gasteiger partial charge in [-0.25, -0.2) is 4.98 Å². The summed E-state index contributed by atoms with van der Waals surface area (Å²) in [7, 11) is 0. The molecule has 1 aromatic heterocycles. The number of nitrogens with one attached hydrogen (secondary N) is 2. The van der Waals surface area contributed by atoms with Crippen LogP contribution in [0.1, 0.15) is 16.1 Å². The molecule has 1 amide bonds. The topological polar surface area (TPSA) is 102 Å². The minimum absolute atomic E-state index is 0.152. The Bertz CT molecular complexity index is 625. The maximum atomic E-state index is 12.1. The van der Waals surface area contributed by atoms with Gasteiger partial charge in [-0.1, -0.05) is 0 Å². The van der Waals surface area contributed by atoms with Gasteiger partial charge in [-0.3, -0.25) is 4.79 Å². The number of rotatable bonds is 4. The summed E-state index contributed by atoms with van der Waals surface area (Å²) in [5.41, 5.74) is 7.57. The van der Waals surface area contributed by atoms with Gasteiger partial charge in [0.25, 0.3) is 5.91 Å². The average molecular weight is 274 g/mol. The first kappa shape index (κ1) is 12.3. The summed E-state index contributed by atoms with van der Waals surface area (Å²) in [6.45, 7) is 0.647. The summed E-state index contributed by atoms with van der Waals surface area (Å²) in [6, 6.07) is 3.20. The van der Waals surface area contributed by atoms with Gasteiger partial charge in [0, 0.05) is 36.6 Å². The lowest BCUT2D eigenvalue weighted by atomic mass is 10.1. The number of aromatic nitrogens is 2. The third-order valence-corrected chi connectivity index (χ3v) is 3.02. The number of aromatic amines is 1. The number of imidazole rings is 1. The predicted octanol–water partition coefficient (Wildman–Crippen LogP) is 0.693. The van der Waals surface area contributed by atoms with Crippen LogP contribution in [0.25, 0.3) is 0 Å². The molecule has 2 heterocycles. The van der Waals surface area contributed by atoms with E-state index < -0.39 is 0 Å². The van der Waals surface area contributed by atoms with Crippen molar-refractivity contribution in [2.24, 2.45) is 0 Å². The molecule has 0 spiro atoms. The minimum atomic E-state index is -0.236. The number of amides is 1. The van der Waals surface area contributed by atoms with E-state index >= 15 is 0 Å². The maximum Gasteiger partial charge on any atom is 0.253 e. The second-order valence-corrected chi connectivity index (χ2v) is 4.38. The quantitative estimate of drug-likeness (QED) is 0.712. The van der Waals surface area contributed by atoms with Crippen LogP contribution < -0.4 is 20.5 Å². The van der Waals surface area contributed by atoms with Crippen molar-refractivity contribution in [2.45, 2.75) is 6.42 Å². The lowest BCUT2D eigenvalue weighted by Gasteiger charge is -2.08. The number of ether oxygens (including phenoxy) is 2. The predicted molar refractivity (Wildman–Crippen MR) is 71.6 cm³/mol. The number of anilines is 1. The molecule has 0 saturated heterocycles. The summed E-state index contributed by atoms with van der Waals surface area (Å²) in [4.78, 5) is 19.0. The third kappa shape index (κ3) is 2.37. The van der Waals surface area contributed by atoms with Crippen LogP contribution in [0.2, 0.25) is 0 Å². The van der Waals surface area contributed by atoms with E-state index in [1.54, 1.807) is 24.7 Å². The molecule has 1 aromatic carbocycles. The molecule has 0 unspecified atom stereocenters. The lowest BCUT2D eigenvalue weighted by molar-refractivity contribution is 0.0954. The van der Waals surface area contributed by atoms with Crippen LogP contribution in [0.3, 0.4) is 0 Å². The zero-order valence-corrected chi connectivity index (χ0v) is 10.7. The zero-order valence-electron chi connectivity index (χ0n) is 10.7. The van der Waals surface area contributed by atoms with E-state index in [-0.39, 0.29) is 12.7 Å². The summed E-state index contributed by atoms with van der Waals surface area (Å²) >= 11 is 0. The number of H-pyrrole nitrogens is 1. The molecule has 1 aliphatic heterocycles. The molecule has 3 rings (SSSR count). The first-order chi connectivity index (χ1) is 9.74. The van der Waals surface area contributed by atoms with Crippen molar-refractivity contribution in [1.29, 1.82) is 0 Å². The van der Waals surface area contributed by atoms with Crippen LogP contribution in [-0.2, 0) is 6.42 Å². The van der Waals surface area contributed by atoms with Crippen molar-refractivity contribution >= 4 is 11.6 Å². The number of fused-ring (bicyclic) bond motifs is 1. The van der Waals surface area contributed by atoms with Crippen molar-refractivity contribution in [3.05, 3.63) is 35.9 Å². The summed E-state index contributed by atoms with van der Waals surface area (Å²) < 4.78 is 10.4. The highest BCUT2D eigenvalue weighted by atomic mass is 16.7. The molecule has 20 heavy (non-hydrogen) atoms. The number of carbonyl (C=O) groups excluding carboxylic acids is 1. The van der Waals surface area contributed by atoms with Crippen LogP contribution in [0.4, 0.5) is 5.69 Å². The van der Waals surface area contributed by atoms with Gasteiger partial charge in [-0.15, -0.1) is 0 Å².